The highest BCUT2D eigenvalue weighted by Gasteiger charge is 2.08. The van der Waals surface area contributed by atoms with Crippen molar-refractivity contribution in [3.63, 3.8) is 0 Å². The molecule has 0 aliphatic heterocycles. The first kappa shape index (κ1) is 20.3. The normalized spacial score (nSPS) is 10.9. The number of phenolic OH excluding ortho intramolecular Hbond substituents is 1. The number of aromatic nitrogens is 1. The van der Waals surface area contributed by atoms with Crippen LogP contribution in [-0.2, 0) is 0 Å². The molecule has 1 amide bonds. The zero-order valence-corrected chi connectivity index (χ0v) is 17.6. The molecule has 0 radical (unpaired) electrons. The maximum atomic E-state index is 12.3. The van der Waals surface area contributed by atoms with E-state index in [1.165, 1.54) is 23.1 Å². The van der Waals surface area contributed by atoms with Crippen molar-refractivity contribution in [2.75, 3.05) is 5.32 Å². The van der Waals surface area contributed by atoms with Crippen LogP contribution in [0, 0.1) is 6.92 Å². The fraction of sp³-hybridized carbons (Fsp3) is 0.0417. The molecule has 4 aromatic rings. The van der Waals surface area contributed by atoms with Crippen molar-refractivity contribution in [1.82, 2.24) is 10.4 Å². The second kappa shape index (κ2) is 9.23. The number of carbonyl (C=O) groups is 1. The number of aromatic hydroxyl groups is 1. The predicted octanol–water partition coefficient (Wildman–Crippen LogP) is 5.33. The van der Waals surface area contributed by atoms with Crippen LogP contribution in [0.4, 0.5) is 10.8 Å². The molecule has 154 valence electrons. The smallest absolute Gasteiger partial charge is 0.271 e. The fourth-order valence-corrected chi connectivity index (χ4v) is 3.59. The van der Waals surface area contributed by atoms with Crippen LogP contribution in [0.2, 0.25) is 0 Å². The zero-order chi connectivity index (χ0) is 21.6. The lowest BCUT2D eigenvalue weighted by molar-refractivity contribution is 0.0955. The molecular formula is C24H20N4O2S. The number of anilines is 2. The van der Waals surface area contributed by atoms with Crippen molar-refractivity contribution < 1.29 is 9.90 Å². The van der Waals surface area contributed by atoms with Gasteiger partial charge in [-0.15, -0.1) is 11.3 Å². The maximum absolute atomic E-state index is 12.3. The highest BCUT2D eigenvalue weighted by Crippen LogP contribution is 2.27. The number of nitrogens with one attached hydrogen (secondary N) is 2. The minimum Gasteiger partial charge on any atom is -0.508 e. The third-order valence-corrected chi connectivity index (χ3v) is 5.26. The average Bonchev–Trinajstić information content (AvgIpc) is 3.24. The summed E-state index contributed by atoms with van der Waals surface area (Å²) in [6, 6.07) is 21.9. The van der Waals surface area contributed by atoms with E-state index in [-0.39, 0.29) is 11.7 Å². The summed E-state index contributed by atoms with van der Waals surface area (Å²) in [4.78, 5) is 16.9. The fourth-order valence-electron chi connectivity index (χ4n) is 2.85. The summed E-state index contributed by atoms with van der Waals surface area (Å²) < 4.78 is 0. The quantitative estimate of drug-likeness (QED) is 0.286. The molecule has 0 fully saturated rings. The Kier molecular flexibility index (Phi) is 6.05. The standard InChI is InChI=1S/C24H20N4O2S/c1-16-5-11-20(12-6-16)26-24-27-22(15-31-24)18-7-9-19(10-8-18)23(30)28-25-14-17-3-2-4-21(29)13-17/h2-15,29H,1H3,(H,26,27)(H,28,30)/b25-14-. The minimum absolute atomic E-state index is 0.144. The van der Waals surface area contributed by atoms with Crippen molar-refractivity contribution >= 4 is 34.3 Å². The van der Waals surface area contributed by atoms with Crippen molar-refractivity contribution in [3.8, 4) is 17.0 Å². The SMILES string of the molecule is Cc1ccc(Nc2nc(-c3ccc(C(=O)N/N=C\c4cccc(O)c4)cc3)cs2)cc1. The van der Waals surface area contributed by atoms with Crippen LogP contribution in [0.15, 0.2) is 83.3 Å². The Labute approximate surface area is 183 Å². The van der Waals surface area contributed by atoms with E-state index in [1.807, 2.05) is 41.8 Å². The number of benzene rings is 3. The van der Waals surface area contributed by atoms with Gasteiger partial charge >= 0.3 is 0 Å². The second-order valence-electron chi connectivity index (χ2n) is 6.90. The van der Waals surface area contributed by atoms with Gasteiger partial charge in [-0.05, 0) is 48.9 Å². The molecule has 4 rings (SSSR count). The Morgan fingerprint density at radius 2 is 1.84 bits per heavy atom. The van der Waals surface area contributed by atoms with Crippen LogP contribution in [0.3, 0.4) is 0 Å². The number of phenols is 1. The van der Waals surface area contributed by atoms with Crippen LogP contribution in [0.5, 0.6) is 5.75 Å². The van der Waals surface area contributed by atoms with Crippen molar-refractivity contribution in [2.24, 2.45) is 5.10 Å². The average molecular weight is 429 g/mol. The van der Waals surface area contributed by atoms with Gasteiger partial charge in [0, 0.05) is 22.2 Å². The first-order chi connectivity index (χ1) is 15.1. The van der Waals surface area contributed by atoms with Gasteiger partial charge < -0.3 is 10.4 Å². The van der Waals surface area contributed by atoms with Crippen LogP contribution < -0.4 is 10.7 Å². The Bertz CT molecular complexity index is 1220. The van der Waals surface area contributed by atoms with Gasteiger partial charge in [-0.25, -0.2) is 10.4 Å². The molecule has 3 N–H and O–H groups in total. The Morgan fingerprint density at radius 1 is 1.06 bits per heavy atom. The Balaban J connectivity index is 1.38. The summed E-state index contributed by atoms with van der Waals surface area (Å²) >= 11 is 1.53. The largest absolute Gasteiger partial charge is 0.508 e. The maximum Gasteiger partial charge on any atom is 0.271 e. The minimum atomic E-state index is -0.317. The molecule has 3 aromatic carbocycles. The molecule has 0 atom stereocenters. The van der Waals surface area contributed by atoms with E-state index >= 15 is 0 Å². The molecule has 0 saturated carbocycles. The van der Waals surface area contributed by atoms with Gasteiger partial charge in [-0.1, -0.05) is 42.0 Å². The molecule has 0 spiro atoms. The summed E-state index contributed by atoms with van der Waals surface area (Å²) in [5.41, 5.74) is 7.63. The number of hydrogen-bond donors (Lipinski definition) is 3. The van der Waals surface area contributed by atoms with Crippen LogP contribution in [-0.4, -0.2) is 22.2 Å². The molecule has 0 unspecified atom stereocenters. The van der Waals surface area contributed by atoms with E-state index in [1.54, 1.807) is 36.4 Å². The number of thiazole rings is 1. The summed E-state index contributed by atoms with van der Waals surface area (Å²) in [6.45, 7) is 2.05. The number of hydrazone groups is 1. The van der Waals surface area contributed by atoms with E-state index < -0.39 is 0 Å². The van der Waals surface area contributed by atoms with Gasteiger partial charge in [-0.2, -0.15) is 5.10 Å². The van der Waals surface area contributed by atoms with Gasteiger partial charge in [0.05, 0.1) is 11.9 Å². The molecule has 0 aliphatic rings. The third kappa shape index (κ3) is 5.34. The Morgan fingerprint density at radius 3 is 2.58 bits per heavy atom. The van der Waals surface area contributed by atoms with Gasteiger partial charge in [0.1, 0.15) is 5.75 Å². The molecule has 0 aliphatic carbocycles. The van der Waals surface area contributed by atoms with Crippen LogP contribution in [0.25, 0.3) is 11.3 Å². The van der Waals surface area contributed by atoms with E-state index in [0.717, 1.165) is 22.1 Å². The summed E-state index contributed by atoms with van der Waals surface area (Å²) in [6.07, 6.45) is 1.48. The topological polar surface area (TPSA) is 86.6 Å². The number of hydrogen-bond acceptors (Lipinski definition) is 6. The number of amides is 1. The molecule has 6 nitrogen and oxygen atoms in total. The summed E-state index contributed by atoms with van der Waals surface area (Å²) in [5.74, 6) is -0.173. The van der Waals surface area contributed by atoms with E-state index in [2.05, 4.69) is 27.8 Å². The lowest BCUT2D eigenvalue weighted by Crippen LogP contribution is -2.17. The van der Waals surface area contributed by atoms with Crippen molar-refractivity contribution in [2.45, 2.75) is 6.92 Å². The van der Waals surface area contributed by atoms with Gasteiger partial charge in [0.2, 0.25) is 0 Å². The lowest BCUT2D eigenvalue weighted by Gasteiger charge is -2.03. The van der Waals surface area contributed by atoms with Crippen molar-refractivity contribution in [3.05, 3.63) is 94.9 Å². The highest BCUT2D eigenvalue weighted by atomic mass is 32.1. The molecule has 0 bridgehead atoms. The Hall–Kier alpha value is -3.97. The van der Waals surface area contributed by atoms with Gasteiger partial charge in [0.15, 0.2) is 5.13 Å². The summed E-state index contributed by atoms with van der Waals surface area (Å²) in [5, 5.41) is 19.5. The molecule has 0 saturated heterocycles. The highest BCUT2D eigenvalue weighted by molar-refractivity contribution is 7.14. The molecular weight excluding hydrogens is 408 g/mol. The van der Waals surface area contributed by atoms with Gasteiger partial charge in [0.25, 0.3) is 5.91 Å². The number of nitrogens with zero attached hydrogens (tertiary/aromatic N) is 2. The number of aryl methyl sites for hydroxylation is 1. The third-order valence-electron chi connectivity index (χ3n) is 4.50. The first-order valence-corrected chi connectivity index (χ1v) is 10.5. The van der Waals surface area contributed by atoms with E-state index in [4.69, 9.17) is 0 Å². The zero-order valence-electron chi connectivity index (χ0n) is 16.7. The van der Waals surface area contributed by atoms with Crippen molar-refractivity contribution in [1.29, 1.82) is 0 Å². The first-order valence-electron chi connectivity index (χ1n) is 9.59. The van der Waals surface area contributed by atoms with E-state index in [9.17, 15) is 9.90 Å². The monoisotopic (exact) mass is 428 g/mol. The number of rotatable bonds is 6. The van der Waals surface area contributed by atoms with Crippen LogP contribution >= 0.6 is 11.3 Å². The van der Waals surface area contributed by atoms with Gasteiger partial charge in [-0.3, -0.25) is 4.79 Å². The number of carbonyl (C=O) groups excluding carboxylic acids is 1. The van der Waals surface area contributed by atoms with Crippen LogP contribution in [0.1, 0.15) is 21.5 Å². The second-order valence-corrected chi connectivity index (χ2v) is 7.76. The molecule has 1 aromatic heterocycles. The predicted molar refractivity (Wildman–Crippen MR) is 125 cm³/mol. The summed E-state index contributed by atoms with van der Waals surface area (Å²) in [7, 11) is 0. The molecule has 1 heterocycles. The molecule has 31 heavy (non-hydrogen) atoms. The van der Waals surface area contributed by atoms with E-state index in [0.29, 0.717) is 11.1 Å². The molecule has 7 heteroatoms. The lowest BCUT2D eigenvalue weighted by atomic mass is 10.1.